The monoisotopic (exact) mass is 718 g/mol. The lowest BCUT2D eigenvalue weighted by Gasteiger charge is -2.18. The summed E-state index contributed by atoms with van der Waals surface area (Å²) in [5.74, 6) is 5.35. The van der Waals surface area contributed by atoms with E-state index in [-0.39, 0.29) is 24.0 Å². The highest BCUT2D eigenvalue weighted by atomic mass is 32.2. The summed E-state index contributed by atoms with van der Waals surface area (Å²) in [6, 6.07) is 0. The largest absolute Gasteiger partial charge is 0.465 e. The summed E-state index contributed by atoms with van der Waals surface area (Å²) in [5, 5.41) is 0. The summed E-state index contributed by atoms with van der Waals surface area (Å²) in [6.45, 7) is 10.9. The third kappa shape index (κ3) is 36.4. The minimum absolute atomic E-state index is 0.0201. The lowest BCUT2D eigenvalue weighted by molar-refractivity contribution is -0.150. The minimum atomic E-state index is -0.0817. The molecule has 0 unspecified atom stereocenters. The highest BCUT2D eigenvalue weighted by Crippen LogP contribution is 2.18. The maximum absolute atomic E-state index is 12.5. The van der Waals surface area contributed by atoms with Gasteiger partial charge in [0.25, 0.3) is 0 Å². The van der Waals surface area contributed by atoms with Crippen molar-refractivity contribution in [1.82, 2.24) is 4.90 Å². The first-order valence-electron chi connectivity index (χ1n) is 19.4. The van der Waals surface area contributed by atoms with Crippen molar-refractivity contribution in [3.8, 4) is 0 Å². The Hall–Kier alpha value is -0.930. The molecular weight excluding hydrogens is 643 g/mol. The molecule has 0 saturated carbocycles. The molecule has 0 aliphatic carbocycles. The molecule has 0 radical (unpaired) electrons. The number of carbonyl (C=O) groups is 3. The van der Waals surface area contributed by atoms with Gasteiger partial charge in [0, 0.05) is 30.8 Å². The van der Waals surface area contributed by atoms with Gasteiger partial charge in [-0.1, -0.05) is 79.1 Å². The smallest absolute Gasteiger partial charge is 0.306 e. The number of carbonyl (C=O) groups excluding carboxylic acids is 3. The van der Waals surface area contributed by atoms with Crippen LogP contribution in [0.25, 0.3) is 0 Å². The van der Waals surface area contributed by atoms with Crippen LogP contribution in [0.1, 0.15) is 156 Å². The summed E-state index contributed by atoms with van der Waals surface area (Å²) >= 11 is 3.75. The summed E-state index contributed by atoms with van der Waals surface area (Å²) in [6.07, 6.45) is 19.3. The summed E-state index contributed by atoms with van der Waals surface area (Å²) in [5.41, 5.74) is 0. The first-order valence-corrected chi connectivity index (χ1v) is 21.7. The number of hydrogen-bond donors (Lipinski definition) is 0. The number of unbranched alkanes of at least 4 members (excludes halogenated alkanes) is 8. The highest BCUT2D eigenvalue weighted by Gasteiger charge is 2.15. The Morgan fingerprint density at radius 1 is 0.500 bits per heavy atom. The lowest BCUT2D eigenvalue weighted by atomic mass is 10.0. The van der Waals surface area contributed by atoms with E-state index < -0.39 is 0 Å². The van der Waals surface area contributed by atoms with Gasteiger partial charge in [0.15, 0.2) is 0 Å². The van der Waals surface area contributed by atoms with Gasteiger partial charge >= 0.3 is 17.9 Å². The molecule has 0 aromatic carbocycles. The van der Waals surface area contributed by atoms with E-state index in [9.17, 15) is 14.4 Å². The Bertz CT molecular complexity index is 717. The molecule has 0 heterocycles. The second-order valence-electron chi connectivity index (χ2n) is 14.4. The fourth-order valence-corrected chi connectivity index (χ4v) is 6.91. The van der Waals surface area contributed by atoms with E-state index in [0.29, 0.717) is 32.5 Å². The van der Waals surface area contributed by atoms with Crippen LogP contribution in [0.2, 0.25) is 0 Å². The van der Waals surface area contributed by atoms with Crippen LogP contribution in [0.4, 0.5) is 0 Å². The molecule has 0 aromatic rings. The second-order valence-corrected chi connectivity index (χ2v) is 16.8. The average Bonchev–Trinajstić information content (AvgIpc) is 3.02. The molecule has 0 atom stereocenters. The molecular formula is C39H75NO6S2. The Labute approximate surface area is 304 Å². The SMILES string of the molecule is CC(C)CCCSCCOC(=O)CCCCCCCC(CCCCCCCC(=O)OCCSCCCC(C)C)OC(=O)CCCN(C)C. The van der Waals surface area contributed by atoms with Gasteiger partial charge in [-0.15, -0.1) is 0 Å². The second kappa shape index (κ2) is 34.5. The minimum Gasteiger partial charge on any atom is -0.465 e. The molecule has 0 fully saturated rings. The van der Waals surface area contributed by atoms with Gasteiger partial charge in [-0.25, -0.2) is 0 Å². The predicted molar refractivity (Wildman–Crippen MR) is 207 cm³/mol. The van der Waals surface area contributed by atoms with Crippen molar-refractivity contribution in [3.05, 3.63) is 0 Å². The quantitative estimate of drug-likeness (QED) is 0.0361. The van der Waals surface area contributed by atoms with E-state index in [1.807, 2.05) is 37.6 Å². The Balaban J connectivity index is 4.06. The third-order valence-electron chi connectivity index (χ3n) is 8.22. The molecule has 0 aliphatic rings. The molecule has 0 bridgehead atoms. The maximum Gasteiger partial charge on any atom is 0.306 e. The van der Waals surface area contributed by atoms with Gasteiger partial charge in [0.2, 0.25) is 0 Å². The Kier molecular flexibility index (Phi) is 33.8. The topological polar surface area (TPSA) is 82.1 Å². The molecule has 7 nitrogen and oxygen atoms in total. The van der Waals surface area contributed by atoms with Crippen LogP contribution in [-0.2, 0) is 28.6 Å². The Morgan fingerprint density at radius 2 is 0.917 bits per heavy atom. The van der Waals surface area contributed by atoms with E-state index in [1.165, 1.54) is 25.7 Å². The summed E-state index contributed by atoms with van der Waals surface area (Å²) in [4.78, 5) is 38.6. The van der Waals surface area contributed by atoms with Gasteiger partial charge in [0.1, 0.15) is 19.3 Å². The van der Waals surface area contributed by atoms with Gasteiger partial charge < -0.3 is 19.1 Å². The fraction of sp³-hybridized carbons (Fsp3) is 0.923. The first kappa shape index (κ1) is 47.1. The number of hydrogen-bond acceptors (Lipinski definition) is 9. The molecule has 0 N–H and O–H groups in total. The van der Waals surface area contributed by atoms with Crippen LogP contribution >= 0.6 is 23.5 Å². The van der Waals surface area contributed by atoms with Crippen LogP contribution in [-0.4, -0.2) is 85.8 Å². The molecule has 9 heteroatoms. The van der Waals surface area contributed by atoms with E-state index >= 15 is 0 Å². The lowest BCUT2D eigenvalue weighted by Crippen LogP contribution is -2.20. The molecule has 0 saturated heterocycles. The van der Waals surface area contributed by atoms with E-state index in [0.717, 1.165) is 125 Å². The van der Waals surface area contributed by atoms with Crippen molar-refractivity contribution in [2.24, 2.45) is 11.8 Å². The third-order valence-corrected chi connectivity index (χ3v) is 10.3. The van der Waals surface area contributed by atoms with Crippen LogP contribution < -0.4 is 0 Å². The highest BCUT2D eigenvalue weighted by molar-refractivity contribution is 7.99. The maximum atomic E-state index is 12.5. The predicted octanol–water partition coefficient (Wildman–Crippen LogP) is 10.1. The molecule has 0 aliphatic heterocycles. The van der Waals surface area contributed by atoms with Crippen LogP contribution in [0.15, 0.2) is 0 Å². The number of thioether (sulfide) groups is 2. The number of ether oxygens (including phenoxy) is 3. The zero-order valence-electron chi connectivity index (χ0n) is 32.0. The molecule has 0 amide bonds. The first-order chi connectivity index (χ1) is 23.1. The van der Waals surface area contributed by atoms with E-state index in [1.54, 1.807) is 0 Å². The fourth-order valence-electron chi connectivity index (χ4n) is 5.35. The van der Waals surface area contributed by atoms with Gasteiger partial charge in [0.05, 0.1) is 0 Å². The normalized spacial score (nSPS) is 11.6. The van der Waals surface area contributed by atoms with E-state index in [2.05, 4.69) is 32.6 Å². The van der Waals surface area contributed by atoms with Crippen molar-refractivity contribution >= 4 is 41.4 Å². The van der Waals surface area contributed by atoms with Crippen molar-refractivity contribution in [1.29, 1.82) is 0 Å². The summed E-state index contributed by atoms with van der Waals surface area (Å²) in [7, 11) is 4.04. The molecule has 284 valence electrons. The zero-order chi connectivity index (χ0) is 35.7. The van der Waals surface area contributed by atoms with Crippen molar-refractivity contribution in [2.75, 3.05) is 56.9 Å². The number of rotatable bonds is 35. The van der Waals surface area contributed by atoms with Crippen molar-refractivity contribution in [3.63, 3.8) is 0 Å². The van der Waals surface area contributed by atoms with Gasteiger partial charge in [-0.05, 0) is 102 Å². The zero-order valence-corrected chi connectivity index (χ0v) is 33.7. The van der Waals surface area contributed by atoms with E-state index in [4.69, 9.17) is 14.2 Å². The standard InChI is InChI=1S/C39H75NO6S2/c1-34(2)20-18-30-47-32-28-44-37(41)24-15-11-7-9-13-22-36(46-39(43)26-17-27-40(5)6)23-14-10-8-12-16-25-38(42)45-29-33-48-31-19-21-35(3)4/h34-36H,7-33H2,1-6H3. The van der Waals surface area contributed by atoms with Crippen LogP contribution in [0.5, 0.6) is 0 Å². The number of nitrogens with zero attached hydrogens (tertiary/aromatic N) is 1. The summed E-state index contributed by atoms with van der Waals surface area (Å²) < 4.78 is 16.7. The molecule has 0 rings (SSSR count). The molecule has 0 aromatic heterocycles. The molecule has 48 heavy (non-hydrogen) atoms. The average molecular weight is 718 g/mol. The van der Waals surface area contributed by atoms with Crippen molar-refractivity contribution < 1.29 is 28.6 Å². The number of esters is 3. The van der Waals surface area contributed by atoms with Gasteiger partial charge in [-0.2, -0.15) is 23.5 Å². The Morgan fingerprint density at radius 3 is 1.35 bits per heavy atom. The van der Waals surface area contributed by atoms with Crippen molar-refractivity contribution in [2.45, 2.75) is 162 Å². The van der Waals surface area contributed by atoms with Crippen LogP contribution in [0, 0.1) is 11.8 Å². The molecule has 0 spiro atoms. The van der Waals surface area contributed by atoms with Crippen LogP contribution in [0.3, 0.4) is 0 Å². The van der Waals surface area contributed by atoms with Gasteiger partial charge in [-0.3, -0.25) is 14.4 Å².